The molecule has 0 saturated carbocycles. The van der Waals surface area contributed by atoms with Gasteiger partial charge in [0.05, 0.1) is 5.69 Å². The highest BCUT2D eigenvalue weighted by molar-refractivity contribution is 7.14. The summed E-state index contributed by atoms with van der Waals surface area (Å²) in [5.74, 6) is -3.38. The van der Waals surface area contributed by atoms with E-state index >= 15 is 0 Å². The molecule has 8 heteroatoms. The van der Waals surface area contributed by atoms with Crippen molar-refractivity contribution in [2.24, 2.45) is 0 Å². The number of carboxylic acids is 2. The topological polar surface area (TPSA) is 120 Å². The van der Waals surface area contributed by atoms with Crippen molar-refractivity contribution in [1.82, 2.24) is 4.98 Å². The molecule has 4 N–H and O–H groups in total. The van der Waals surface area contributed by atoms with Crippen molar-refractivity contribution in [2.45, 2.75) is 0 Å². The average molecular weight is 322 g/mol. The number of rotatable bonds is 4. The van der Waals surface area contributed by atoms with Crippen molar-refractivity contribution in [3.63, 3.8) is 0 Å². The minimum absolute atomic E-state index is 0.268. The largest absolute Gasteiger partial charge is 0.508 e. The lowest BCUT2D eigenvalue weighted by Gasteiger charge is -1.97. The Morgan fingerprint density at radius 3 is 2.32 bits per heavy atom. The molecule has 0 atom stereocenters. The zero-order valence-corrected chi connectivity index (χ0v) is 12.2. The summed E-state index contributed by atoms with van der Waals surface area (Å²) >= 11 is 1.56. The number of hydrogen-bond donors (Lipinski definition) is 4. The third-order valence-corrected chi connectivity index (χ3v) is 3.05. The van der Waals surface area contributed by atoms with Gasteiger partial charge in [-0.3, -0.25) is 0 Å². The van der Waals surface area contributed by atoms with Crippen molar-refractivity contribution in [3.05, 3.63) is 42.3 Å². The molecule has 0 aliphatic carbocycles. The number of phenolic OH excluding ortho intramolecular Hbond substituents is 1. The van der Waals surface area contributed by atoms with Gasteiger partial charge in [0, 0.05) is 17.5 Å². The molecule has 0 fully saturated rings. The van der Waals surface area contributed by atoms with Crippen molar-refractivity contribution < 1.29 is 24.9 Å². The monoisotopic (exact) mass is 322 g/mol. The van der Waals surface area contributed by atoms with Crippen LogP contribution in [-0.2, 0) is 9.59 Å². The van der Waals surface area contributed by atoms with Gasteiger partial charge in [-0.2, -0.15) is 0 Å². The minimum atomic E-state index is -1.82. The fourth-order valence-corrected chi connectivity index (χ4v) is 2.01. The van der Waals surface area contributed by atoms with Crippen LogP contribution in [0.4, 0.5) is 5.13 Å². The zero-order chi connectivity index (χ0) is 16.5. The molecular formula is C14H14N2O5S. The summed E-state index contributed by atoms with van der Waals surface area (Å²) in [7, 11) is 0. The maximum atomic E-state index is 9.18. The Hall–Kier alpha value is -2.87. The van der Waals surface area contributed by atoms with E-state index in [-0.39, 0.29) is 5.75 Å². The molecule has 1 aromatic heterocycles. The molecular weight excluding hydrogens is 308 g/mol. The standard InChI is InChI=1S/C12H12N2OS.C2H2O4/c1-2-7-13-12-14-11(8-16-12)9-3-5-10(15)6-4-9;3-1(4)2(5)6/h2-6,8,15H,1,7H2,(H,13,14);(H,3,4)(H,5,6). The Labute approximate surface area is 130 Å². The third-order valence-electron chi connectivity index (χ3n) is 2.25. The lowest BCUT2D eigenvalue weighted by Crippen LogP contribution is -2.09. The van der Waals surface area contributed by atoms with Gasteiger partial charge < -0.3 is 20.6 Å². The Morgan fingerprint density at radius 2 is 1.82 bits per heavy atom. The van der Waals surface area contributed by atoms with E-state index in [9.17, 15) is 5.11 Å². The van der Waals surface area contributed by atoms with Crippen molar-refractivity contribution >= 4 is 28.4 Å². The number of anilines is 1. The van der Waals surface area contributed by atoms with Gasteiger partial charge >= 0.3 is 11.9 Å². The number of nitrogens with one attached hydrogen (secondary N) is 1. The molecule has 1 heterocycles. The van der Waals surface area contributed by atoms with Crippen molar-refractivity contribution in [3.8, 4) is 17.0 Å². The van der Waals surface area contributed by atoms with Crippen LogP contribution in [0.25, 0.3) is 11.3 Å². The van der Waals surface area contributed by atoms with Gasteiger partial charge in [0.2, 0.25) is 0 Å². The van der Waals surface area contributed by atoms with E-state index in [0.717, 1.165) is 16.4 Å². The van der Waals surface area contributed by atoms with Crippen LogP contribution in [0.2, 0.25) is 0 Å². The Bertz CT molecular complexity index is 640. The second kappa shape index (κ2) is 8.42. The number of carboxylic acid groups (broad SMARTS) is 2. The molecule has 0 radical (unpaired) electrons. The normalized spacial score (nSPS) is 9.27. The molecule has 1 aromatic carbocycles. The van der Waals surface area contributed by atoms with Crippen LogP contribution in [0.3, 0.4) is 0 Å². The van der Waals surface area contributed by atoms with Gasteiger partial charge in [-0.1, -0.05) is 6.08 Å². The summed E-state index contributed by atoms with van der Waals surface area (Å²) in [6.45, 7) is 4.35. The fourth-order valence-electron chi connectivity index (χ4n) is 1.28. The lowest BCUT2D eigenvalue weighted by atomic mass is 10.2. The van der Waals surface area contributed by atoms with E-state index in [0.29, 0.717) is 6.54 Å². The Morgan fingerprint density at radius 1 is 1.23 bits per heavy atom. The number of aromatic nitrogens is 1. The van der Waals surface area contributed by atoms with E-state index in [1.54, 1.807) is 29.5 Å². The first kappa shape index (κ1) is 17.2. The molecule has 22 heavy (non-hydrogen) atoms. The summed E-state index contributed by atoms with van der Waals surface area (Å²) in [6.07, 6.45) is 1.79. The third kappa shape index (κ3) is 5.63. The maximum absolute atomic E-state index is 9.18. The van der Waals surface area contributed by atoms with Gasteiger partial charge in [-0.25, -0.2) is 14.6 Å². The summed E-state index contributed by atoms with van der Waals surface area (Å²) in [6, 6.07) is 7.01. The lowest BCUT2D eigenvalue weighted by molar-refractivity contribution is -0.159. The summed E-state index contributed by atoms with van der Waals surface area (Å²) in [5, 5.41) is 30.0. The first-order chi connectivity index (χ1) is 10.4. The highest BCUT2D eigenvalue weighted by atomic mass is 32.1. The first-order valence-electron chi connectivity index (χ1n) is 6.00. The first-order valence-corrected chi connectivity index (χ1v) is 6.88. The molecule has 0 unspecified atom stereocenters. The van der Waals surface area contributed by atoms with Crippen LogP contribution in [-0.4, -0.2) is 38.8 Å². The number of nitrogens with zero attached hydrogens (tertiary/aromatic N) is 1. The number of benzene rings is 1. The summed E-state index contributed by atoms with van der Waals surface area (Å²) in [4.78, 5) is 22.6. The predicted molar refractivity (Wildman–Crippen MR) is 83.2 cm³/mol. The van der Waals surface area contributed by atoms with Gasteiger partial charge in [-0.05, 0) is 24.3 Å². The number of aromatic hydroxyl groups is 1. The number of thiazole rings is 1. The maximum Gasteiger partial charge on any atom is 0.414 e. The quantitative estimate of drug-likeness (QED) is 0.503. The van der Waals surface area contributed by atoms with E-state index in [1.807, 2.05) is 17.5 Å². The second-order valence-corrected chi connectivity index (χ2v) is 4.72. The van der Waals surface area contributed by atoms with Crippen molar-refractivity contribution in [1.29, 1.82) is 0 Å². The van der Waals surface area contributed by atoms with Crippen LogP contribution in [0.5, 0.6) is 5.75 Å². The number of aliphatic carboxylic acids is 2. The van der Waals surface area contributed by atoms with Gasteiger partial charge in [0.15, 0.2) is 5.13 Å². The van der Waals surface area contributed by atoms with E-state index < -0.39 is 11.9 Å². The van der Waals surface area contributed by atoms with Crippen LogP contribution in [0, 0.1) is 0 Å². The zero-order valence-electron chi connectivity index (χ0n) is 11.4. The number of carbonyl (C=O) groups is 2. The fraction of sp³-hybridized carbons (Fsp3) is 0.0714. The number of hydrogen-bond acceptors (Lipinski definition) is 6. The summed E-state index contributed by atoms with van der Waals surface area (Å²) in [5.41, 5.74) is 1.91. The molecule has 0 amide bonds. The van der Waals surface area contributed by atoms with Crippen LogP contribution >= 0.6 is 11.3 Å². The Kier molecular flexibility index (Phi) is 6.58. The highest BCUT2D eigenvalue weighted by Gasteiger charge is 2.04. The molecule has 2 aromatic rings. The van der Waals surface area contributed by atoms with E-state index in [4.69, 9.17) is 19.8 Å². The van der Waals surface area contributed by atoms with Gasteiger partial charge in [0.25, 0.3) is 0 Å². The summed E-state index contributed by atoms with van der Waals surface area (Å²) < 4.78 is 0. The second-order valence-electron chi connectivity index (χ2n) is 3.86. The molecule has 2 rings (SSSR count). The highest BCUT2D eigenvalue weighted by Crippen LogP contribution is 2.25. The van der Waals surface area contributed by atoms with Gasteiger partial charge in [-0.15, -0.1) is 17.9 Å². The van der Waals surface area contributed by atoms with Crippen LogP contribution < -0.4 is 5.32 Å². The Balaban J connectivity index is 0.000000346. The molecule has 116 valence electrons. The molecule has 0 saturated heterocycles. The number of phenols is 1. The van der Waals surface area contributed by atoms with E-state index in [2.05, 4.69) is 16.9 Å². The molecule has 0 bridgehead atoms. The molecule has 7 nitrogen and oxygen atoms in total. The van der Waals surface area contributed by atoms with Crippen LogP contribution in [0.15, 0.2) is 42.3 Å². The van der Waals surface area contributed by atoms with Gasteiger partial charge in [0.1, 0.15) is 5.75 Å². The molecule has 0 aliphatic heterocycles. The van der Waals surface area contributed by atoms with Crippen molar-refractivity contribution in [2.75, 3.05) is 11.9 Å². The van der Waals surface area contributed by atoms with Crippen LogP contribution in [0.1, 0.15) is 0 Å². The predicted octanol–water partition coefficient (Wildman–Crippen LogP) is 2.27. The van der Waals surface area contributed by atoms with E-state index in [1.165, 1.54) is 0 Å². The molecule has 0 spiro atoms. The minimum Gasteiger partial charge on any atom is -0.508 e. The molecule has 0 aliphatic rings. The average Bonchev–Trinajstić information content (AvgIpc) is 2.95. The smallest absolute Gasteiger partial charge is 0.414 e. The SMILES string of the molecule is C=CCNc1nc(-c2ccc(O)cc2)cs1.O=C(O)C(=O)O.